The van der Waals surface area contributed by atoms with Crippen molar-refractivity contribution in [1.82, 2.24) is 9.94 Å². The molecule has 1 N–H and O–H groups in total. The minimum atomic E-state index is -0.337. The first-order valence-electron chi connectivity index (χ1n) is 7.35. The van der Waals surface area contributed by atoms with Gasteiger partial charge < -0.3 is 14.7 Å². The zero-order valence-corrected chi connectivity index (χ0v) is 12.4. The molecule has 1 aromatic carbocycles. The van der Waals surface area contributed by atoms with E-state index in [0.717, 1.165) is 24.0 Å². The zero-order chi connectivity index (χ0) is 15.5. The van der Waals surface area contributed by atoms with Crippen LogP contribution < -0.4 is 4.74 Å². The number of aromatic nitrogens is 2. The van der Waals surface area contributed by atoms with Crippen LogP contribution >= 0.6 is 0 Å². The monoisotopic (exact) mass is 302 g/mol. The van der Waals surface area contributed by atoms with Crippen molar-refractivity contribution in [3.05, 3.63) is 47.2 Å². The van der Waals surface area contributed by atoms with E-state index in [1.54, 1.807) is 19.1 Å². The van der Waals surface area contributed by atoms with Crippen molar-refractivity contribution < 1.29 is 19.5 Å². The summed E-state index contributed by atoms with van der Waals surface area (Å²) < 4.78 is 10.7. The van der Waals surface area contributed by atoms with Crippen molar-refractivity contribution in [3.8, 4) is 5.88 Å². The third kappa shape index (κ3) is 3.05. The fraction of sp³-hybridized carbons (Fsp3) is 0.375. The molecule has 116 valence electrons. The molecule has 0 bridgehead atoms. The van der Waals surface area contributed by atoms with Crippen LogP contribution in [0.2, 0.25) is 0 Å². The Morgan fingerprint density at radius 3 is 2.86 bits per heavy atom. The Kier molecular flexibility index (Phi) is 4.00. The number of hydrogen-bond donors (Lipinski definition) is 1. The minimum Gasteiger partial charge on any atom is -0.472 e. The molecule has 6 nitrogen and oxygen atoms in total. The summed E-state index contributed by atoms with van der Waals surface area (Å²) in [5, 5.41) is 12.9. The van der Waals surface area contributed by atoms with E-state index in [-0.39, 0.29) is 12.6 Å². The van der Waals surface area contributed by atoms with E-state index < -0.39 is 0 Å². The fourth-order valence-corrected chi connectivity index (χ4v) is 2.46. The van der Waals surface area contributed by atoms with Gasteiger partial charge in [0.15, 0.2) is 0 Å². The lowest BCUT2D eigenvalue weighted by atomic mass is 9.98. The van der Waals surface area contributed by atoms with E-state index in [2.05, 4.69) is 5.10 Å². The zero-order valence-electron chi connectivity index (χ0n) is 12.4. The van der Waals surface area contributed by atoms with Crippen LogP contribution in [0, 0.1) is 0 Å². The highest BCUT2D eigenvalue weighted by molar-refractivity contribution is 5.91. The molecule has 0 amide bonds. The minimum absolute atomic E-state index is 0.220. The van der Waals surface area contributed by atoms with Gasteiger partial charge in [-0.3, -0.25) is 0 Å². The topological polar surface area (TPSA) is 73.6 Å². The van der Waals surface area contributed by atoms with Gasteiger partial charge >= 0.3 is 5.97 Å². The van der Waals surface area contributed by atoms with Gasteiger partial charge in [0.05, 0.1) is 18.4 Å². The number of carbonyl (C=O) groups is 1. The average molecular weight is 302 g/mol. The molecule has 1 fully saturated rings. The quantitative estimate of drug-likeness (QED) is 0.656. The second-order valence-corrected chi connectivity index (χ2v) is 5.23. The molecule has 1 aromatic heterocycles. The molecule has 6 heteroatoms. The summed E-state index contributed by atoms with van der Waals surface area (Å²) in [7, 11) is 0. The van der Waals surface area contributed by atoms with Crippen molar-refractivity contribution in [2.24, 2.45) is 0 Å². The number of nitrogens with zero attached hydrogens (tertiary/aromatic N) is 2. The van der Waals surface area contributed by atoms with Gasteiger partial charge in [-0.2, -0.15) is 0 Å². The molecule has 0 aliphatic heterocycles. The molecule has 1 saturated carbocycles. The van der Waals surface area contributed by atoms with Crippen LogP contribution in [-0.4, -0.2) is 27.7 Å². The Balaban J connectivity index is 1.86. The normalized spacial score (nSPS) is 13.9. The van der Waals surface area contributed by atoms with Crippen molar-refractivity contribution in [1.29, 1.82) is 0 Å². The van der Waals surface area contributed by atoms with Gasteiger partial charge in [-0.1, -0.05) is 17.2 Å². The van der Waals surface area contributed by atoms with Crippen molar-refractivity contribution in [3.63, 3.8) is 0 Å². The highest BCUT2D eigenvalue weighted by atomic mass is 16.5. The molecule has 0 radical (unpaired) electrons. The Bertz CT molecular complexity index is 677. The van der Waals surface area contributed by atoms with Crippen LogP contribution in [-0.2, 0) is 11.3 Å². The van der Waals surface area contributed by atoms with Gasteiger partial charge in [-0.25, -0.2) is 4.79 Å². The van der Waals surface area contributed by atoms with Crippen LogP contribution in [0.1, 0.15) is 47.2 Å². The first-order valence-corrected chi connectivity index (χ1v) is 7.35. The van der Waals surface area contributed by atoms with Gasteiger partial charge in [-0.05, 0) is 37.3 Å². The molecule has 0 saturated heterocycles. The largest absolute Gasteiger partial charge is 0.472 e. The molecule has 1 heterocycles. The number of carbonyl (C=O) groups excluding carboxylic acids is 1. The summed E-state index contributed by atoms with van der Waals surface area (Å²) in [6.07, 6.45) is 3.64. The number of esters is 1. The second-order valence-electron chi connectivity index (χ2n) is 5.23. The second kappa shape index (κ2) is 6.09. The van der Waals surface area contributed by atoms with Crippen LogP contribution in [0.5, 0.6) is 5.88 Å². The van der Waals surface area contributed by atoms with Crippen LogP contribution in [0.25, 0.3) is 0 Å². The highest BCUT2D eigenvalue weighted by Gasteiger charge is 2.28. The maximum atomic E-state index is 12.1. The molecule has 1 aliphatic rings. The summed E-state index contributed by atoms with van der Waals surface area (Å²) in [5.41, 5.74) is 2.51. The molecule has 0 unspecified atom stereocenters. The number of rotatable bonds is 6. The van der Waals surface area contributed by atoms with E-state index in [9.17, 15) is 4.79 Å². The third-order valence-corrected chi connectivity index (χ3v) is 3.64. The average Bonchev–Trinajstić information content (AvgIpc) is 3.27. The predicted molar refractivity (Wildman–Crippen MR) is 78.1 cm³/mol. The van der Waals surface area contributed by atoms with Gasteiger partial charge in [0.2, 0.25) is 5.88 Å². The lowest BCUT2D eigenvalue weighted by Gasteiger charge is -2.14. The van der Waals surface area contributed by atoms with Gasteiger partial charge in [0, 0.05) is 11.6 Å². The summed E-state index contributed by atoms with van der Waals surface area (Å²) in [6, 6.07) is 7.23. The Labute approximate surface area is 128 Å². The Morgan fingerprint density at radius 1 is 1.41 bits per heavy atom. The summed E-state index contributed by atoms with van der Waals surface area (Å²) in [6.45, 7) is 2.34. The van der Waals surface area contributed by atoms with Gasteiger partial charge in [0.25, 0.3) is 0 Å². The molecule has 3 rings (SSSR count). The predicted octanol–water partition coefficient (Wildman–Crippen LogP) is 2.75. The number of ether oxygens (including phenoxy) is 2. The van der Waals surface area contributed by atoms with Crippen molar-refractivity contribution in [2.45, 2.75) is 32.3 Å². The SMILES string of the molecule is CCOC(=O)c1cccc(C2CC2)c1COc1ccn(O)n1. The number of benzene rings is 1. The maximum absolute atomic E-state index is 12.1. The summed E-state index contributed by atoms with van der Waals surface area (Å²) in [4.78, 5) is 12.8. The summed E-state index contributed by atoms with van der Waals surface area (Å²) >= 11 is 0. The van der Waals surface area contributed by atoms with E-state index in [0.29, 0.717) is 28.8 Å². The van der Waals surface area contributed by atoms with Crippen molar-refractivity contribution in [2.75, 3.05) is 6.61 Å². The number of hydrogen-bond acceptors (Lipinski definition) is 5. The molecule has 0 spiro atoms. The molecule has 1 aliphatic carbocycles. The smallest absolute Gasteiger partial charge is 0.338 e. The van der Waals surface area contributed by atoms with E-state index >= 15 is 0 Å². The summed E-state index contributed by atoms with van der Waals surface area (Å²) in [5.74, 6) is 0.461. The lowest BCUT2D eigenvalue weighted by molar-refractivity contribution is 0.0523. The standard InChI is InChI=1S/C16H18N2O4/c1-2-21-16(19)13-5-3-4-12(11-6-7-11)14(13)10-22-15-8-9-18(20)17-15/h3-5,8-9,11,20H,2,6-7,10H2,1H3. The highest BCUT2D eigenvalue weighted by Crippen LogP contribution is 2.42. The van der Waals surface area contributed by atoms with Crippen molar-refractivity contribution >= 4 is 5.97 Å². The van der Waals surface area contributed by atoms with Crippen LogP contribution in [0.15, 0.2) is 30.5 Å². The molecular weight excluding hydrogens is 284 g/mol. The fourth-order valence-electron chi connectivity index (χ4n) is 2.46. The molecule has 2 aromatic rings. The van der Waals surface area contributed by atoms with Gasteiger partial charge in [0.1, 0.15) is 6.61 Å². The van der Waals surface area contributed by atoms with Gasteiger partial charge in [-0.15, -0.1) is 4.85 Å². The first-order chi connectivity index (χ1) is 10.7. The Morgan fingerprint density at radius 2 is 2.23 bits per heavy atom. The van der Waals surface area contributed by atoms with Crippen LogP contribution in [0.4, 0.5) is 0 Å². The molecular formula is C16H18N2O4. The molecule has 22 heavy (non-hydrogen) atoms. The first kappa shape index (κ1) is 14.4. The molecule has 0 atom stereocenters. The van der Waals surface area contributed by atoms with E-state index in [1.165, 1.54) is 6.20 Å². The third-order valence-electron chi connectivity index (χ3n) is 3.64. The van der Waals surface area contributed by atoms with E-state index in [1.807, 2.05) is 12.1 Å². The lowest BCUT2D eigenvalue weighted by Crippen LogP contribution is -2.12. The maximum Gasteiger partial charge on any atom is 0.338 e. The Hall–Kier alpha value is -2.50. The van der Waals surface area contributed by atoms with Crippen LogP contribution in [0.3, 0.4) is 0 Å². The van der Waals surface area contributed by atoms with E-state index in [4.69, 9.17) is 14.7 Å².